The van der Waals surface area contributed by atoms with Crippen molar-refractivity contribution in [3.8, 4) is 0 Å². The molecule has 0 aromatic heterocycles. The van der Waals surface area contributed by atoms with Crippen molar-refractivity contribution in [2.75, 3.05) is 14.1 Å². The van der Waals surface area contributed by atoms with Crippen LogP contribution >= 0.6 is 0 Å². The van der Waals surface area contributed by atoms with Gasteiger partial charge in [-0.15, -0.1) is 0 Å². The standard InChI is InChI=1S/C5H10.C2H6N.Al/c1-3-5-4-2;1-3-2;/h1-5H2;1-2H3;/q;-1;+1. The van der Waals surface area contributed by atoms with Gasteiger partial charge in [0.1, 0.15) is 0 Å². The highest BCUT2D eigenvalue weighted by atomic mass is 27.2. The molecule has 0 bridgehead atoms. The zero-order chi connectivity index (χ0) is 6.69. The lowest BCUT2D eigenvalue weighted by atomic mass is 10.3. The molecule has 1 saturated heterocycles. The molecule has 0 saturated carbocycles. The lowest BCUT2D eigenvalue weighted by molar-refractivity contribution is 0.590. The van der Waals surface area contributed by atoms with Gasteiger partial charge in [0.2, 0.25) is 0 Å². The minimum Gasteiger partial charge on any atom is -0.390 e. The van der Waals surface area contributed by atoms with Crippen LogP contribution in [0.4, 0.5) is 0 Å². The van der Waals surface area contributed by atoms with E-state index in [-0.39, 0.29) is 14.4 Å². The van der Waals surface area contributed by atoms with Crippen LogP contribution in [0.5, 0.6) is 0 Å². The monoisotopic (exact) mass is 141 g/mol. The first-order valence-corrected chi connectivity index (χ1v) is 6.12. The topological polar surface area (TPSA) is 3.24 Å². The van der Waals surface area contributed by atoms with E-state index in [0.29, 0.717) is 0 Å². The van der Waals surface area contributed by atoms with E-state index in [9.17, 15) is 0 Å². The van der Waals surface area contributed by atoms with Gasteiger partial charge in [0.05, 0.1) is 0 Å². The zero-order valence-electron chi connectivity index (χ0n) is 6.56. The molecule has 52 valence electrons. The van der Waals surface area contributed by atoms with Gasteiger partial charge in [-0.05, 0) is 14.1 Å². The molecular weight excluding hydrogens is 125 g/mol. The Morgan fingerprint density at radius 2 is 1.56 bits per heavy atom. The lowest BCUT2D eigenvalue weighted by Crippen LogP contribution is -2.33. The Morgan fingerprint density at radius 1 is 1.00 bits per heavy atom. The summed E-state index contributed by atoms with van der Waals surface area (Å²) in [7, 11) is 4.50. The normalized spacial score (nSPS) is 21.0. The van der Waals surface area contributed by atoms with Crippen molar-refractivity contribution >= 4 is 14.4 Å². The molecule has 1 nitrogen and oxygen atoms in total. The van der Waals surface area contributed by atoms with Crippen LogP contribution in [-0.2, 0) is 0 Å². The summed E-state index contributed by atoms with van der Waals surface area (Å²) in [6.07, 6.45) is 4.52. The van der Waals surface area contributed by atoms with E-state index in [0.717, 1.165) is 0 Å². The molecule has 0 aromatic rings. The number of nitrogens with zero attached hydrogens (tertiary/aromatic N) is 1. The third-order valence-corrected chi connectivity index (χ3v) is 5.91. The van der Waals surface area contributed by atoms with Gasteiger partial charge in [-0.1, -0.05) is 29.8 Å². The Labute approximate surface area is 62.7 Å². The highest BCUT2D eigenvalue weighted by Crippen LogP contribution is 2.19. The molecule has 2 heteroatoms. The Hall–Kier alpha value is 0.492. The summed E-state index contributed by atoms with van der Waals surface area (Å²) in [6, 6.07) is 0. The van der Waals surface area contributed by atoms with Gasteiger partial charge in [0.25, 0.3) is 0 Å². The van der Waals surface area contributed by atoms with Gasteiger partial charge in [0, 0.05) is 0 Å². The van der Waals surface area contributed by atoms with Gasteiger partial charge in [-0.3, -0.25) is 0 Å². The second-order valence-electron chi connectivity index (χ2n) is 3.26. The molecule has 0 aromatic carbocycles. The summed E-state index contributed by atoms with van der Waals surface area (Å²) < 4.78 is 2.50. The summed E-state index contributed by atoms with van der Waals surface area (Å²) in [4.78, 5) is 0. The first-order chi connectivity index (χ1) is 4.30. The molecule has 9 heavy (non-hydrogen) atoms. The van der Waals surface area contributed by atoms with Crippen LogP contribution in [0.15, 0.2) is 0 Å². The van der Waals surface area contributed by atoms with Crippen molar-refractivity contribution in [2.45, 2.75) is 29.8 Å². The van der Waals surface area contributed by atoms with Crippen molar-refractivity contribution in [3.05, 3.63) is 0 Å². The average Bonchev–Trinajstić information content (AvgIpc) is 1.90. The van der Waals surface area contributed by atoms with Gasteiger partial charge in [-0.25, -0.2) is 0 Å². The van der Waals surface area contributed by atoms with E-state index in [4.69, 9.17) is 0 Å². The highest BCUT2D eigenvalue weighted by molar-refractivity contribution is 6.55. The van der Waals surface area contributed by atoms with Crippen molar-refractivity contribution in [1.29, 1.82) is 0 Å². The zero-order valence-corrected chi connectivity index (χ0v) is 7.71. The van der Waals surface area contributed by atoms with E-state index in [1.807, 2.05) is 0 Å². The minimum absolute atomic E-state index is 0.366. The highest BCUT2D eigenvalue weighted by Gasteiger charge is 2.22. The van der Waals surface area contributed by atoms with Crippen molar-refractivity contribution in [3.63, 3.8) is 0 Å². The van der Waals surface area contributed by atoms with Crippen LogP contribution in [0.25, 0.3) is 0 Å². The smallest absolute Gasteiger partial charge is 0.372 e. The van der Waals surface area contributed by atoms with Crippen LogP contribution in [-0.4, -0.2) is 32.3 Å². The summed E-state index contributed by atoms with van der Waals surface area (Å²) in [6.45, 7) is 0. The molecule has 1 fully saturated rings. The molecule has 0 radical (unpaired) electrons. The second kappa shape index (κ2) is 3.61. The minimum atomic E-state index is -0.366. The Kier molecular flexibility index (Phi) is 3.05. The molecule has 0 spiro atoms. The number of hydrogen-bond acceptors (Lipinski definition) is 1. The molecule has 0 amide bonds. The summed E-state index contributed by atoms with van der Waals surface area (Å²) >= 11 is -0.366. The van der Waals surface area contributed by atoms with Crippen molar-refractivity contribution in [1.82, 2.24) is 3.88 Å². The van der Waals surface area contributed by atoms with E-state index in [1.54, 1.807) is 10.6 Å². The van der Waals surface area contributed by atoms with Gasteiger partial charge >= 0.3 is 14.4 Å². The Balaban J connectivity index is 2.23. The van der Waals surface area contributed by atoms with Crippen LogP contribution in [0, 0.1) is 0 Å². The summed E-state index contributed by atoms with van der Waals surface area (Å²) in [5, 5.41) is 3.12. The van der Waals surface area contributed by atoms with Crippen LogP contribution in [0.2, 0.25) is 10.6 Å². The fourth-order valence-electron chi connectivity index (χ4n) is 1.60. The maximum Gasteiger partial charge on any atom is 0.372 e. The van der Waals surface area contributed by atoms with Gasteiger partial charge < -0.3 is 3.88 Å². The van der Waals surface area contributed by atoms with Gasteiger partial charge in [-0.2, -0.15) is 0 Å². The fourth-order valence-corrected chi connectivity index (χ4v) is 4.44. The largest absolute Gasteiger partial charge is 0.390 e. The molecule has 1 aliphatic rings. The van der Waals surface area contributed by atoms with Crippen molar-refractivity contribution in [2.24, 2.45) is 0 Å². The SMILES string of the molecule is C[N](C)[Al]1[CH2]CCC[CH2]1. The lowest BCUT2D eigenvalue weighted by Gasteiger charge is -2.22. The maximum absolute atomic E-state index is 2.50. The average molecular weight is 141 g/mol. The summed E-state index contributed by atoms with van der Waals surface area (Å²) in [5.74, 6) is 0. The second-order valence-corrected chi connectivity index (χ2v) is 6.75. The molecule has 0 N–H and O–H groups in total. The van der Waals surface area contributed by atoms with Crippen LogP contribution in [0.3, 0.4) is 0 Å². The summed E-state index contributed by atoms with van der Waals surface area (Å²) in [5.41, 5.74) is 0. The molecule has 0 aliphatic carbocycles. The first kappa shape index (κ1) is 7.60. The molecule has 1 rings (SSSR count). The maximum atomic E-state index is 2.50. The Bertz CT molecular complexity index is 77.0. The number of rotatable bonds is 1. The Morgan fingerprint density at radius 3 is 1.89 bits per heavy atom. The van der Waals surface area contributed by atoms with Crippen molar-refractivity contribution < 1.29 is 0 Å². The molecule has 0 unspecified atom stereocenters. The van der Waals surface area contributed by atoms with Crippen LogP contribution in [0.1, 0.15) is 19.3 Å². The molecule has 1 heterocycles. The van der Waals surface area contributed by atoms with Gasteiger partial charge in [0.15, 0.2) is 0 Å². The fraction of sp³-hybridized carbons (Fsp3) is 1.00. The molecular formula is C7H16AlN. The number of hydrogen-bond donors (Lipinski definition) is 0. The third kappa shape index (κ3) is 2.29. The molecule has 1 aliphatic heterocycles. The first-order valence-electron chi connectivity index (χ1n) is 3.97. The van der Waals surface area contributed by atoms with E-state index in [2.05, 4.69) is 18.0 Å². The predicted molar refractivity (Wildman–Crippen MR) is 42.9 cm³/mol. The van der Waals surface area contributed by atoms with E-state index >= 15 is 0 Å². The van der Waals surface area contributed by atoms with E-state index < -0.39 is 0 Å². The quantitative estimate of drug-likeness (QED) is 0.502. The van der Waals surface area contributed by atoms with Crippen LogP contribution < -0.4 is 0 Å². The van der Waals surface area contributed by atoms with E-state index in [1.165, 1.54) is 19.3 Å². The predicted octanol–water partition coefficient (Wildman–Crippen LogP) is 1.72. The third-order valence-electron chi connectivity index (χ3n) is 2.30. The molecule has 0 atom stereocenters.